The predicted octanol–water partition coefficient (Wildman–Crippen LogP) is 0.399. The van der Waals surface area contributed by atoms with Gasteiger partial charge in [0.25, 0.3) is 0 Å². The molecule has 21 heavy (non-hydrogen) atoms. The van der Waals surface area contributed by atoms with E-state index in [1.165, 1.54) is 19.4 Å². The first-order valence-corrected chi connectivity index (χ1v) is 8.60. The van der Waals surface area contributed by atoms with Crippen LogP contribution in [0.1, 0.15) is 39.5 Å². The molecule has 3 rings (SSSR count). The summed E-state index contributed by atoms with van der Waals surface area (Å²) < 4.78 is 0. The van der Waals surface area contributed by atoms with E-state index in [0.29, 0.717) is 18.0 Å². The summed E-state index contributed by atoms with van der Waals surface area (Å²) in [5.41, 5.74) is 5.32. The van der Waals surface area contributed by atoms with Crippen molar-refractivity contribution in [3.05, 3.63) is 0 Å². The maximum Gasteiger partial charge on any atom is 0.239 e. The number of carbonyl (C=O) groups excluding carboxylic acids is 1. The SMILES string of the molecule is CCNC(CN1CC2CCCN2CC1C)(C(N)=O)C1CC1. The first kappa shape index (κ1) is 15.3. The van der Waals surface area contributed by atoms with E-state index in [1.807, 2.05) is 0 Å². The van der Waals surface area contributed by atoms with Gasteiger partial charge in [-0.1, -0.05) is 6.92 Å². The van der Waals surface area contributed by atoms with Crippen molar-refractivity contribution in [2.24, 2.45) is 11.7 Å². The molecule has 5 nitrogen and oxygen atoms in total. The lowest BCUT2D eigenvalue weighted by molar-refractivity contribution is -0.127. The molecule has 0 radical (unpaired) electrons. The van der Waals surface area contributed by atoms with E-state index in [2.05, 4.69) is 29.0 Å². The van der Waals surface area contributed by atoms with Crippen LogP contribution in [0.5, 0.6) is 0 Å². The fourth-order valence-electron chi connectivity index (χ4n) is 4.38. The summed E-state index contributed by atoms with van der Waals surface area (Å²) in [6.45, 7) is 9.42. The zero-order chi connectivity index (χ0) is 15.0. The summed E-state index contributed by atoms with van der Waals surface area (Å²) in [5, 5.41) is 3.46. The first-order valence-electron chi connectivity index (χ1n) is 8.60. The first-order chi connectivity index (χ1) is 10.1. The molecular formula is C16H30N4O. The van der Waals surface area contributed by atoms with E-state index >= 15 is 0 Å². The van der Waals surface area contributed by atoms with Crippen molar-refractivity contribution in [3.63, 3.8) is 0 Å². The highest BCUT2D eigenvalue weighted by molar-refractivity contribution is 5.86. The molecule has 120 valence electrons. The fraction of sp³-hybridized carbons (Fsp3) is 0.938. The number of likely N-dealkylation sites (N-methyl/N-ethyl adjacent to an activating group) is 1. The smallest absolute Gasteiger partial charge is 0.239 e. The van der Waals surface area contributed by atoms with Crippen LogP contribution in [0, 0.1) is 5.92 Å². The highest BCUT2D eigenvalue weighted by atomic mass is 16.1. The Labute approximate surface area is 128 Å². The topological polar surface area (TPSA) is 61.6 Å². The van der Waals surface area contributed by atoms with E-state index < -0.39 is 5.54 Å². The number of amides is 1. The summed E-state index contributed by atoms with van der Waals surface area (Å²) in [6.07, 6.45) is 4.89. The van der Waals surface area contributed by atoms with Crippen molar-refractivity contribution in [1.29, 1.82) is 0 Å². The second kappa shape index (κ2) is 5.86. The third kappa shape index (κ3) is 2.83. The number of nitrogens with zero attached hydrogens (tertiary/aromatic N) is 2. The number of fused-ring (bicyclic) bond motifs is 1. The molecule has 0 aromatic rings. The Morgan fingerprint density at radius 3 is 2.71 bits per heavy atom. The molecule has 3 unspecified atom stereocenters. The van der Waals surface area contributed by atoms with Gasteiger partial charge in [0.15, 0.2) is 0 Å². The molecule has 2 aliphatic heterocycles. The number of primary amides is 1. The van der Waals surface area contributed by atoms with E-state index in [-0.39, 0.29) is 5.91 Å². The third-order valence-corrected chi connectivity index (χ3v) is 5.73. The Morgan fingerprint density at radius 2 is 2.10 bits per heavy atom. The molecule has 2 saturated heterocycles. The molecule has 2 heterocycles. The number of piperazine rings is 1. The Morgan fingerprint density at radius 1 is 1.33 bits per heavy atom. The maximum atomic E-state index is 12.2. The number of nitrogens with two attached hydrogens (primary N) is 1. The van der Waals surface area contributed by atoms with Gasteiger partial charge in [-0.15, -0.1) is 0 Å². The summed E-state index contributed by atoms with van der Waals surface area (Å²) >= 11 is 0. The Kier molecular flexibility index (Phi) is 4.26. The monoisotopic (exact) mass is 294 g/mol. The van der Waals surface area contributed by atoms with E-state index in [9.17, 15) is 4.79 Å². The van der Waals surface area contributed by atoms with Gasteiger partial charge in [0.1, 0.15) is 5.54 Å². The largest absolute Gasteiger partial charge is 0.368 e. The second-order valence-corrected chi connectivity index (χ2v) is 7.21. The standard InChI is InChI=1S/C16H30N4O/c1-3-18-16(15(17)21,13-6-7-13)11-20-10-14-5-4-8-19(14)9-12(20)2/h12-14,18H,3-11H2,1-2H3,(H2,17,21). The number of carbonyl (C=O) groups is 1. The van der Waals surface area contributed by atoms with Crippen molar-refractivity contribution in [3.8, 4) is 0 Å². The van der Waals surface area contributed by atoms with Gasteiger partial charge in [0, 0.05) is 31.7 Å². The highest BCUT2D eigenvalue weighted by Crippen LogP contribution is 2.41. The van der Waals surface area contributed by atoms with Crippen molar-refractivity contribution >= 4 is 5.91 Å². The molecule has 3 aliphatic rings. The number of hydrogen-bond acceptors (Lipinski definition) is 4. The summed E-state index contributed by atoms with van der Waals surface area (Å²) in [5.74, 6) is 0.275. The second-order valence-electron chi connectivity index (χ2n) is 7.21. The molecule has 0 bridgehead atoms. The molecule has 3 atom stereocenters. The van der Waals surface area contributed by atoms with Crippen LogP contribution in [0.3, 0.4) is 0 Å². The van der Waals surface area contributed by atoms with Gasteiger partial charge in [-0.2, -0.15) is 0 Å². The highest BCUT2D eigenvalue weighted by Gasteiger charge is 2.51. The molecule has 1 saturated carbocycles. The van der Waals surface area contributed by atoms with Crippen LogP contribution in [-0.2, 0) is 4.79 Å². The molecule has 0 spiro atoms. The zero-order valence-corrected chi connectivity index (χ0v) is 13.5. The molecular weight excluding hydrogens is 264 g/mol. The average molecular weight is 294 g/mol. The van der Waals surface area contributed by atoms with Crippen LogP contribution < -0.4 is 11.1 Å². The van der Waals surface area contributed by atoms with E-state index in [1.54, 1.807) is 0 Å². The summed E-state index contributed by atoms with van der Waals surface area (Å²) in [6, 6.07) is 1.20. The number of rotatable bonds is 6. The van der Waals surface area contributed by atoms with Gasteiger partial charge in [-0.05, 0) is 51.6 Å². The third-order valence-electron chi connectivity index (χ3n) is 5.73. The van der Waals surface area contributed by atoms with Crippen LogP contribution >= 0.6 is 0 Å². The molecule has 5 heteroatoms. The molecule has 0 aromatic carbocycles. The van der Waals surface area contributed by atoms with Crippen molar-refractivity contribution in [2.45, 2.75) is 57.2 Å². The molecule has 0 aromatic heterocycles. The van der Waals surface area contributed by atoms with Crippen molar-refractivity contribution < 1.29 is 4.79 Å². The molecule has 1 amide bonds. The van der Waals surface area contributed by atoms with Crippen molar-refractivity contribution in [1.82, 2.24) is 15.1 Å². The molecule has 1 aliphatic carbocycles. The van der Waals surface area contributed by atoms with Gasteiger partial charge < -0.3 is 11.1 Å². The van der Waals surface area contributed by atoms with E-state index in [4.69, 9.17) is 5.73 Å². The minimum atomic E-state index is -0.510. The van der Waals surface area contributed by atoms with Crippen LogP contribution in [0.25, 0.3) is 0 Å². The van der Waals surface area contributed by atoms with Gasteiger partial charge in [0.05, 0.1) is 0 Å². The lowest BCUT2D eigenvalue weighted by Crippen LogP contribution is -2.67. The average Bonchev–Trinajstić information content (AvgIpc) is 3.19. The minimum absolute atomic E-state index is 0.159. The number of nitrogens with one attached hydrogen (secondary N) is 1. The Hall–Kier alpha value is -0.650. The van der Waals surface area contributed by atoms with Crippen molar-refractivity contribution in [2.75, 3.05) is 32.7 Å². The summed E-state index contributed by atoms with van der Waals surface area (Å²) in [4.78, 5) is 17.4. The molecule has 3 N–H and O–H groups in total. The fourth-order valence-corrected chi connectivity index (χ4v) is 4.38. The van der Waals surface area contributed by atoms with Gasteiger partial charge in [0.2, 0.25) is 5.91 Å². The maximum absolute atomic E-state index is 12.2. The Balaban J connectivity index is 1.74. The van der Waals surface area contributed by atoms with Crippen LogP contribution in [0.2, 0.25) is 0 Å². The minimum Gasteiger partial charge on any atom is -0.368 e. The van der Waals surface area contributed by atoms with Crippen LogP contribution in [-0.4, -0.2) is 66.1 Å². The van der Waals surface area contributed by atoms with Gasteiger partial charge >= 0.3 is 0 Å². The van der Waals surface area contributed by atoms with E-state index in [0.717, 1.165) is 39.0 Å². The molecule has 3 fully saturated rings. The summed E-state index contributed by atoms with van der Waals surface area (Å²) in [7, 11) is 0. The van der Waals surface area contributed by atoms with Crippen LogP contribution in [0.4, 0.5) is 0 Å². The normalized spacial score (nSPS) is 33.6. The predicted molar refractivity (Wildman–Crippen MR) is 84.0 cm³/mol. The lowest BCUT2D eigenvalue weighted by atomic mass is 9.89. The zero-order valence-electron chi connectivity index (χ0n) is 13.5. The lowest BCUT2D eigenvalue weighted by Gasteiger charge is -2.46. The van der Waals surface area contributed by atoms with Crippen LogP contribution in [0.15, 0.2) is 0 Å². The van der Waals surface area contributed by atoms with Gasteiger partial charge in [-0.25, -0.2) is 0 Å². The van der Waals surface area contributed by atoms with Gasteiger partial charge in [-0.3, -0.25) is 14.6 Å². The Bertz CT molecular complexity index is 398. The number of hydrogen-bond donors (Lipinski definition) is 2. The quantitative estimate of drug-likeness (QED) is 0.744.